The Morgan fingerprint density at radius 1 is 1.20 bits per heavy atom. The van der Waals surface area contributed by atoms with Crippen molar-refractivity contribution in [2.75, 3.05) is 0 Å². The summed E-state index contributed by atoms with van der Waals surface area (Å²) in [4.78, 5) is 10.8. The van der Waals surface area contributed by atoms with Crippen molar-refractivity contribution in [2.24, 2.45) is 0 Å². The molecule has 0 aliphatic heterocycles. The first kappa shape index (κ1) is 15.5. The third kappa shape index (κ3) is 3.80. The molecule has 1 fully saturated rings. The molecule has 7 heteroatoms. The predicted octanol–water partition coefficient (Wildman–Crippen LogP) is 2.84. The molecule has 0 bridgehead atoms. The maximum absolute atomic E-state index is 12.3. The van der Waals surface area contributed by atoms with Gasteiger partial charge in [-0.25, -0.2) is 17.9 Å². The van der Waals surface area contributed by atoms with E-state index < -0.39 is 16.0 Å². The van der Waals surface area contributed by atoms with Crippen LogP contribution in [-0.4, -0.2) is 25.5 Å². The maximum atomic E-state index is 12.3. The number of carbonyl (C=O) groups is 1. The van der Waals surface area contributed by atoms with Gasteiger partial charge in [-0.05, 0) is 24.3 Å². The fourth-order valence-electron chi connectivity index (χ4n) is 2.52. The highest BCUT2D eigenvalue weighted by atomic mass is 32.2. The largest absolute Gasteiger partial charge is 0.477 e. The molecule has 1 saturated carbocycles. The first-order chi connectivity index (χ1) is 9.50. The zero-order valence-corrected chi connectivity index (χ0v) is 12.8. The Morgan fingerprint density at radius 2 is 1.80 bits per heavy atom. The predicted molar refractivity (Wildman–Crippen MR) is 77.7 cm³/mol. The first-order valence-corrected chi connectivity index (χ1v) is 9.20. The molecule has 1 aromatic heterocycles. The Morgan fingerprint density at radius 3 is 2.40 bits per heavy atom. The Hall–Kier alpha value is -0.920. The van der Waals surface area contributed by atoms with Gasteiger partial charge in [-0.15, -0.1) is 11.3 Å². The summed E-state index contributed by atoms with van der Waals surface area (Å²) in [6.07, 6.45) is 7.17. The van der Waals surface area contributed by atoms with Crippen LogP contribution < -0.4 is 4.72 Å². The van der Waals surface area contributed by atoms with Crippen LogP contribution in [-0.2, 0) is 10.0 Å². The van der Waals surface area contributed by atoms with Crippen molar-refractivity contribution in [3.8, 4) is 0 Å². The molecule has 1 heterocycles. The van der Waals surface area contributed by atoms with E-state index in [-0.39, 0.29) is 15.8 Å². The summed E-state index contributed by atoms with van der Waals surface area (Å²) >= 11 is 0.935. The number of hydrogen-bond donors (Lipinski definition) is 2. The van der Waals surface area contributed by atoms with Gasteiger partial charge in [0, 0.05) is 6.04 Å². The number of aromatic carboxylic acids is 1. The van der Waals surface area contributed by atoms with Gasteiger partial charge in [0.1, 0.15) is 9.77 Å². The van der Waals surface area contributed by atoms with Gasteiger partial charge in [-0.3, -0.25) is 0 Å². The van der Waals surface area contributed by atoms with Gasteiger partial charge >= 0.3 is 5.97 Å². The Kier molecular flexibility index (Phi) is 5.17. The standard InChI is InChI=1S/C13H19NO4S2/c15-13(16)12-11(8-9-19-12)20(17,18)14-10-6-4-2-1-3-5-7-10/h8-10,14H,1-7H2,(H,15,16). The van der Waals surface area contributed by atoms with Crippen molar-refractivity contribution in [2.45, 2.75) is 55.9 Å². The Balaban J connectivity index is 2.13. The van der Waals surface area contributed by atoms with Crippen LogP contribution >= 0.6 is 11.3 Å². The Labute approximate surface area is 123 Å². The molecule has 112 valence electrons. The third-order valence-corrected chi connectivity index (χ3v) is 6.13. The minimum absolute atomic E-state index is 0.0816. The lowest BCUT2D eigenvalue weighted by atomic mass is 9.97. The summed E-state index contributed by atoms with van der Waals surface area (Å²) in [6.45, 7) is 0. The molecule has 0 radical (unpaired) electrons. The lowest BCUT2D eigenvalue weighted by molar-refractivity contribution is 0.0698. The summed E-state index contributed by atoms with van der Waals surface area (Å²) in [6, 6.07) is 1.28. The van der Waals surface area contributed by atoms with E-state index in [4.69, 9.17) is 5.11 Å². The van der Waals surface area contributed by atoms with Crippen LogP contribution in [0.25, 0.3) is 0 Å². The number of rotatable bonds is 4. The van der Waals surface area contributed by atoms with Crippen LogP contribution in [0.1, 0.15) is 54.6 Å². The average molecular weight is 317 g/mol. The Bertz CT molecular complexity index is 557. The molecule has 0 amide bonds. The summed E-state index contributed by atoms with van der Waals surface area (Å²) < 4.78 is 27.3. The number of thiophene rings is 1. The summed E-state index contributed by atoms with van der Waals surface area (Å²) in [5, 5.41) is 10.5. The number of hydrogen-bond acceptors (Lipinski definition) is 4. The van der Waals surface area contributed by atoms with Crippen LogP contribution in [0, 0.1) is 0 Å². The van der Waals surface area contributed by atoms with Crippen LogP contribution in [0.3, 0.4) is 0 Å². The van der Waals surface area contributed by atoms with Gasteiger partial charge in [0.25, 0.3) is 0 Å². The summed E-state index contributed by atoms with van der Waals surface area (Å²) in [5.74, 6) is -1.20. The first-order valence-electron chi connectivity index (χ1n) is 6.84. The second-order valence-corrected chi connectivity index (χ2v) is 7.68. The molecule has 0 atom stereocenters. The topological polar surface area (TPSA) is 83.5 Å². The quantitative estimate of drug-likeness (QED) is 0.894. The van der Waals surface area contributed by atoms with E-state index in [0.717, 1.165) is 49.9 Å². The van der Waals surface area contributed by atoms with Crippen molar-refractivity contribution >= 4 is 27.3 Å². The van der Waals surface area contributed by atoms with Crippen molar-refractivity contribution < 1.29 is 18.3 Å². The summed E-state index contributed by atoms with van der Waals surface area (Å²) in [5.41, 5.74) is 0. The van der Waals surface area contributed by atoms with E-state index in [1.54, 1.807) is 0 Å². The van der Waals surface area contributed by atoms with Gasteiger partial charge in [0.15, 0.2) is 0 Å². The lowest BCUT2D eigenvalue weighted by Gasteiger charge is -2.20. The molecule has 2 N–H and O–H groups in total. The van der Waals surface area contributed by atoms with Gasteiger partial charge in [-0.1, -0.05) is 32.1 Å². The molecule has 1 aliphatic carbocycles. The maximum Gasteiger partial charge on any atom is 0.347 e. The van der Waals surface area contributed by atoms with Crippen molar-refractivity contribution in [1.29, 1.82) is 0 Å². The zero-order valence-electron chi connectivity index (χ0n) is 11.2. The van der Waals surface area contributed by atoms with Crippen LogP contribution in [0.2, 0.25) is 0 Å². The van der Waals surface area contributed by atoms with E-state index in [2.05, 4.69) is 4.72 Å². The number of nitrogens with one attached hydrogen (secondary N) is 1. The van der Waals surface area contributed by atoms with Crippen LogP contribution in [0.4, 0.5) is 0 Å². The zero-order chi connectivity index (χ0) is 14.6. The monoisotopic (exact) mass is 317 g/mol. The number of sulfonamides is 1. The molecule has 5 nitrogen and oxygen atoms in total. The SMILES string of the molecule is O=C(O)c1sccc1S(=O)(=O)NC1CCCCCCC1. The van der Waals surface area contributed by atoms with Crippen molar-refractivity contribution in [1.82, 2.24) is 4.72 Å². The number of carboxylic acids is 1. The molecule has 2 rings (SSSR count). The van der Waals surface area contributed by atoms with Gasteiger partial charge in [0.2, 0.25) is 10.0 Å². The highest BCUT2D eigenvalue weighted by molar-refractivity contribution is 7.89. The van der Waals surface area contributed by atoms with Gasteiger partial charge in [-0.2, -0.15) is 0 Å². The molecular formula is C13H19NO4S2. The van der Waals surface area contributed by atoms with Crippen LogP contribution in [0.5, 0.6) is 0 Å². The molecule has 1 aromatic rings. The fraction of sp³-hybridized carbons (Fsp3) is 0.615. The highest BCUT2D eigenvalue weighted by Gasteiger charge is 2.26. The molecule has 0 saturated heterocycles. The van der Waals surface area contributed by atoms with E-state index in [0.29, 0.717) is 0 Å². The molecule has 1 aliphatic rings. The van der Waals surface area contributed by atoms with Crippen LogP contribution in [0.15, 0.2) is 16.3 Å². The highest BCUT2D eigenvalue weighted by Crippen LogP contribution is 2.24. The minimum atomic E-state index is -3.74. The smallest absolute Gasteiger partial charge is 0.347 e. The third-order valence-electron chi connectivity index (χ3n) is 3.54. The van der Waals surface area contributed by atoms with Gasteiger partial charge < -0.3 is 5.11 Å². The molecule has 0 aromatic carbocycles. The fourth-order valence-corrected chi connectivity index (χ4v) is 5.09. The average Bonchev–Trinajstić information content (AvgIpc) is 2.82. The van der Waals surface area contributed by atoms with E-state index >= 15 is 0 Å². The molecular weight excluding hydrogens is 298 g/mol. The second kappa shape index (κ2) is 6.69. The van der Waals surface area contributed by atoms with Crippen molar-refractivity contribution in [3.63, 3.8) is 0 Å². The van der Waals surface area contributed by atoms with Gasteiger partial charge in [0.05, 0.1) is 0 Å². The van der Waals surface area contributed by atoms with Crippen molar-refractivity contribution in [3.05, 3.63) is 16.3 Å². The van der Waals surface area contributed by atoms with E-state index in [1.807, 2.05) is 0 Å². The van der Waals surface area contributed by atoms with E-state index in [9.17, 15) is 13.2 Å². The number of carboxylic acid groups (broad SMARTS) is 1. The normalized spacial score (nSPS) is 18.4. The summed E-state index contributed by atoms with van der Waals surface area (Å²) in [7, 11) is -3.74. The minimum Gasteiger partial charge on any atom is -0.477 e. The van der Waals surface area contributed by atoms with E-state index in [1.165, 1.54) is 17.9 Å². The molecule has 0 unspecified atom stereocenters. The molecule has 0 spiro atoms. The molecule has 20 heavy (non-hydrogen) atoms. The second-order valence-electron chi connectivity index (χ2n) is 5.08. The lowest BCUT2D eigenvalue weighted by Crippen LogP contribution is -2.35.